The topological polar surface area (TPSA) is 71.2 Å². The number of carbonyl (C=O) groups is 1. The van der Waals surface area contributed by atoms with Crippen LogP contribution in [0.25, 0.3) is 0 Å². The molecular weight excluding hydrogens is 228 g/mol. The number of pyridine rings is 1. The number of carbonyl (C=O) groups excluding carboxylic acids is 1. The molecule has 0 saturated carbocycles. The van der Waals surface area contributed by atoms with Crippen molar-refractivity contribution in [2.24, 2.45) is 11.3 Å². The lowest BCUT2D eigenvalue weighted by molar-refractivity contribution is 0.0629. The Morgan fingerprint density at radius 2 is 2.11 bits per heavy atom. The van der Waals surface area contributed by atoms with Gasteiger partial charge in [-0.2, -0.15) is 0 Å². The Bertz CT molecular complexity index is 425. The molecule has 0 saturated heterocycles. The fourth-order valence-corrected chi connectivity index (χ4v) is 1.60. The highest BCUT2D eigenvalue weighted by Crippen LogP contribution is 2.24. The number of amides is 1. The highest BCUT2D eigenvalue weighted by Gasteiger charge is 2.27. The third kappa shape index (κ3) is 3.20. The number of aromatic nitrogens is 1. The highest BCUT2D eigenvalue weighted by molar-refractivity contribution is 5.94. The summed E-state index contributed by atoms with van der Waals surface area (Å²) in [5.74, 6) is 5.74. The molecule has 18 heavy (non-hydrogen) atoms. The monoisotopic (exact) mass is 250 g/mol. The van der Waals surface area contributed by atoms with Gasteiger partial charge in [0.05, 0.1) is 0 Å². The van der Waals surface area contributed by atoms with E-state index in [-0.39, 0.29) is 17.4 Å². The van der Waals surface area contributed by atoms with Crippen LogP contribution < -0.4 is 11.3 Å². The molecule has 100 valence electrons. The van der Waals surface area contributed by atoms with Crippen molar-refractivity contribution in [3.63, 3.8) is 0 Å². The molecule has 0 radical (unpaired) electrons. The lowest BCUT2D eigenvalue weighted by Gasteiger charge is -2.35. The summed E-state index contributed by atoms with van der Waals surface area (Å²) in [6, 6.07) is 3.47. The molecule has 1 atom stereocenters. The number of hydrazine groups is 1. The van der Waals surface area contributed by atoms with Crippen molar-refractivity contribution in [1.82, 2.24) is 9.88 Å². The van der Waals surface area contributed by atoms with E-state index in [4.69, 9.17) is 5.84 Å². The third-order valence-electron chi connectivity index (χ3n) is 3.31. The quantitative estimate of drug-likeness (QED) is 0.634. The number of anilines is 1. The number of hydrogen-bond donors (Lipinski definition) is 2. The smallest absolute Gasteiger partial charge is 0.254 e. The molecule has 1 aromatic rings. The van der Waals surface area contributed by atoms with E-state index in [1.165, 1.54) is 0 Å². The lowest BCUT2D eigenvalue weighted by atomic mass is 9.87. The van der Waals surface area contributed by atoms with Crippen molar-refractivity contribution in [1.29, 1.82) is 0 Å². The third-order valence-corrected chi connectivity index (χ3v) is 3.31. The second-order valence-corrected chi connectivity index (χ2v) is 5.53. The minimum atomic E-state index is -0.0312. The first-order chi connectivity index (χ1) is 8.27. The molecule has 1 heterocycles. The van der Waals surface area contributed by atoms with Crippen molar-refractivity contribution >= 4 is 11.7 Å². The van der Waals surface area contributed by atoms with E-state index in [0.29, 0.717) is 11.4 Å². The minimum Gasteiger partial charge on any atom is -0.338 e. The van der Waals surface area contributed by atoms with Crippen LogP contribution in [0.3, 0.4) is 0 Å². The molecule has 0 spiro atoms. The van der Waals surface area contributed by atoms with Gasteiger partial charge in [-0.3, -0.25) is 4.79 Å². The van der Waals surface area contributed by atoms with Gasteiger partial charge in [-0.25, -0.2) is 10.8 Å². The van der Waals surface area contributed by atoms with Crippen LogP contribution in [0.1, 0.15) is 38.1 Å². The Morgan fingerprint density at radius 1 is 1.50 bits per heavy atom. The maximum absolute atomic E-state index is 12.3. The molecule has 0 aliphatic carbocycles. The lowest BCUT2D eigenvalue weighted by Crippen LogP contribution is -2.43. The summed E-state index contributed by atoms with van der Waals surface area (Å²) in [5, 5.41) is 0. The molecule has 1 aromatic heterocycles. The molecule has 0 aliphatic rings. The molecule has 1 unspecified atom stereocenters. The van der Waals surface area contributed by atoms with Gasteiger partial charge >= 0.3 is 0 Å². The molecule has 1 amide bonds. The van der Waals surface area contributed by atoms with E-state index in [0.717, 1.165) is 0 Å². The number of rotatable bonds is 3. The van der Waals surface area contributed by atoms with Gasteiger partial charge in [-0.05, 0) is 24.5 Å². The average molecular weight is 250 g/mol. The van der Waals surface area contributed by atoms with Gasteiger partial charge in [0.15, 0.2) is 0 Å². The molecule has 5 heteroatoms. The van der Waals surface area contributed by atoms with Gasteiger partial charge < -0.3 is 10.3 Å². The standard InChI is InChI=1S/C13H22N4O/c1-9(13(2,3)4)17(5)12(18)10-6-7-15-11(8-10)16-14/h6-9H,14H2,1-5H3,(H,15,16). The summed E-state index contributed by atoms with van der Waals surface area (Å²) >= 11 is 0. The average Bonchev–Trinajstić information content (AvgIpc) is 2.35. The molecule has 5 nitrogen and oxygen atoms in total. The first-order valence-electron chi connectivity index (χ1n) is 5.97. The van der Waals surface area contributed by atoms with Gasteiger partial charge in [-0.1, -0.05) is 20.8 Å². The zero-order valence-electron chi connectivity index (χ0n) is 11.7. The van der Waals surface area contributed by atoms with Crippen molar-refractivity contribution in [2.45, 2.75) is 33.7 Å². The normalized spacial score (nSPS) is 13.0. The van der Waals surface area contributed by atoms with E-state index in [1.807, 2.05) is 14.0 Å². The van der Waals surface area contributed by atoms with E-state index in [9.17, 15) is 4.79 Å². The van der Waals surface area contributed by atoms with E-state index >= 15 is 0 Å². The summed E-state index contributed by atoms with van der Waals surface area (Å²) < 4.78 is 0. The van der Waals surface area contributed by atoms with Crippen molar-refractivity contribution < 1.29 is 4.79 Å². The van der Waals surface area contributed by atoms with Crippen LogP contribution in [0.2, 0.25) is 0 Å². The molecule has 0 aromatic carbocycles. The van der Waals surface area contributed by atoms with Crippen LogP contribution in [0.5, 0.6) is 0 Å². The Hall–Kier alpha value is -1.62. The Balaban J connectivity index is 2.93. The predicted molar refractivity (Wildman–Crippen MR) is 73.1 cm³/mol. The summed E-state index contributed by atoms with van der Waals surface area (Å²) in [5.41, 5.74) is 3.05. The van der Waals surface area contributed by atoms with Crippen molar-refractivity contribution in [3.8, 4) is 0 Å². The van der Waals surface area contributed by atoms with Gasteiger partial charge in [0.2, 0.25) is 0 Å². The minimum absolute atomic E-state index is 0.0312. The van der Waals surface area contributed by atoms with Gasteiger partial charge in [0, 0.05) is 24.8 Å². The molecule has 0 bridgehead atoms. The molecule has 0 aliphatic heterocycles. The van der Waals surface area contributed by atoms with Crippen LogP contribution in [0, 0.1) is 5.41 Å². The second-order valence-electron chi connectivity index (χ2n) is 5.53. The Labute approximate surface area is 108 Å². The zero-order valence-corrected chi connectivity index (χ0v) is 11.7. The fourth-order valence-electron chi connectivity index (χ4n) is 1.60. The van der Waals surface area contributed by atoms with Crippen LogP contribution in [0.15, 0.2) is 18.3 Å². The summed E-state index contributed by atoms with van der Waals surface area (Å²) in [4.78, 5) is 18.1. The second kappa shape index (κ2) is 5.35. The Morgan fingerprint density at radius 3 is 2.61 bits per heavy atom. The molecule has 3 N–H and O–H groups in total. The van der Waals surface area contributed by atoms with E-state index in [1.54, 1.807) is 23.2 Å². The molecule has 0 fully saturated rings. The largest absolute Gasteiger partial charge is 0.338 e. The SMILES string of the molecule is CC(N(C)C(=O)c1ccnc(NN)c1)C(C)(C)C. The zero-order chi connectivity index (χ0) is 13.9. The van der Waals surface area contributed by atoms with Gasteiger partial charge in [0.25, 0.3) is 5.91 Å². The highest BCUT2D eigenvalue weighted by atomic mass is 16.2. The summed E-state index contributed by atoms with van der Waals surface area (Å²) in [7, 11) is 1.81. The Kier molecular flexibility index (Phi) is 4.29. The van der Waals surface area contributed by atoms with Crippen LogP contribution in [-0.2, 0) is 0 Å². The molecular formula is C13H22N4O. The van der Waals surface area contributed by atoms with Gasteiger partial charge in [-0.15, -0.1) is 0 Å². The first kappa shape index (κ1) is 14.4. The summed E-state index contributed by atoms with van der Waals surface area (Å²) in [6.07, 6.45) is 1.57. The maximum atomic E-state index is 12.3. The number of nitrogen functional groups attached to an aromatic ring is 1. The van der Waals surface area contributed by atoms with Crippen molar-refractivity contribution in [3.05, 3.63) is 23.9 Å². The van der Waals surface area contributed by atoms with Gasteiger partial charge in [0.1, 0.15) is 5.82 Å². The van der Waals surface area contributed by atoms with Crippen molar-refractivity contribution in [2.75, 3.05) is 12.5 Å². The number of nitrogens with one attached hydrogen (secondary N) is 1. The summed E-state index contributed by atoms with van der Waals surface area (Å²) in [6.45, 7) is 8.38. The first-order valence-corrected chi connectivity index (χ1v) is 5.97. The van der Waals surface area contributed by atoms with Crippen LogP contribution >= 0.6 is 0 Å². The number of nitrogens with two attached hydrogens (primary N) is 1. The number of hydrogen-bond acceptors (Lipinski definition) is 4. The number of nitrogens with zero attached hydrogens (tertiary/aromatic N) is 2. The fraction of sp³-hybridized carbons (Fsp3) is 0.538. The van der Waals surface area contributed by atoms with E-state index < -0.39 is 0 Å². The van der Waals surface area contributed by atoms with E-state index in [2.05, 4.69) is 31.2 Å². The maximum Gasteiger partial charge on any atom is 0.254 e. The molecule has 1 rings (SSSR count). The van der Waals surface area contributed by atoms with Crippen LogP contribution in [-0.4, -0.2) is 28.9 Å². The van der Waals surface area contributed by atoms with Crippen LogP contribution in [0.4, 0.5) is 5.82 Å². The predicted octanol–water partition coefficient (Wildman–Crippen LogP) is 1.87.